The number of hydrazine groups is 1. The molecule has 3 N–H and O–H groups in total. The average molecular weight is 341 g/mol. The number of alkyl halides is 3. The molecule has 1 heterocycles. The first-order valence-electron chi connectivity index (χ1n) is 5.19. The van der Waals surface area contributed by atoms with Crippen LogP contribution in [0.5, 0.6) is 0 Å². The van der Waals surface area contributed by atoms with Crippen LogP contribution in [0.1, 0.15) is 16.8 Å². The number of hydrogen-bond donors (Lipinski definition) is 2. The Bertz CT molecular complexity index is 467. The first-order chi connectivity index (χ1) is 8.74. The molecular formula is C10H12BrF3N4O. The number of nitrogens with zero attached hydrogens (tertiary/aromatic N) is 2. The van der Waals surface area contributed by atoms with Gasteiger partial charge in [-0.05, 0) is 22.0 Å². The van der Waals surface area contributed by atoms with Crippen LogP contribution in [0.15, 0.2) is 16.7 Å². The van der Waals surface area contributed by atoms with Crippen LogP contribution < -0.4 is 11.3 Å². The highest BCUT2D eigenvalue weighted by Gasteiger charge is 2.28. The Kier molecular flexibility index (Phi) is 5.12. The molecule has 5 nitrogen and oxygen atoms in total. The summed E-state index contributed by atoms with van der Waals surface area (Å²) in [5.41, 5.74) is 2.33. The second-order valence-corrected chi connectivity index (χ2v) is 4.70. The Hall–Kier alpha value is -1.35. The highest BCUT2D eigenvalue weighted by Crippen LogP contribution is 2.22. The molecule has 1 amide bonds. The van der Waals surface area contributed by atoms with E-state index in [1.54, 1.807) is 0 Å². The summed E-state index contributed by atoms with van der Waals surface area (Å²) in [6.45, 7) is -0.432. The molecule has 0 aliphatic heterocycles. The molecule has 0 saturated carbocycles. The van der Waals surface area contributed by atoms with Gasteiger partial charge in [0.2, 0.25) is 0 Å². The molecule has 1 aromatic rings. The molecule has 0 fully saturated rings. The zero-order valence-corrected chi connectivity index (χ0v) is 11.5. The molecule has 19 heavy (non-hydrogen) atoms. The monoisotopic (exact) mass is 340 g/mol. The number of halogens is 4. The van der Waals surface area contributed by atoms with Crippen molar-refractivity contribution in [2.24, 2.45) is 5.84 Å². The van der Waals surface area contributed by atoms with Crippen LogP contribution in [-0.4, -0.2) is 35.6 Å². The van der Waals surface area contributed by atoms with Crippen LogP contribution in [-0.2, 0) is 0 Å². The molecule has 9 heteroatoms. The van der Waals surface area contributed by atoms with E-state index in [1.807, 2.05) is 0 Å². The van der Waals surface area contributed by atoms with Crippen molar-refractivity contribution >= 4 is 27.7 Å². The molecule has 0 aliphatic rings. The van der Waals surface area contributed by atoms with Gasteiger partial charge in [-0.2, -0.15) is 13.2 Å². The number of carbonyl (C=O) groups is 1. The molecular weight excluding hydrogens is 329 g/mol. The minimum Gasteiger partial charge on any atom is -0.341 e. The molecule has 0 aromatic carbocycles. The highest BCUT2D eigenvalue weighted by atomic mass is 79.9. The number of amides is 1. The van der Waals surface area contributed by atoms with Gasteiger partial charge in [-0.3, -0.25) is 4.79 Å². The summed E-state index contributed by atoms with van der Waals surface area (Å²) in [4.78, 5) is 16.8. The number of anilines is 1. The summed E-state index contributed by atoms with van der Waals surface area (Å²) in [6, 6.07) is 1.44. The fourth-order valence-corrected chi connectivity index (χ4v) is 1.65. The molecule has 1 aromatic heterocycles. The van der Waals surface area contributed by atoms with E-state index in [9.17, 15) is 18.0 Å². The zero-order valence-electron chi connectivity index (χ0n) is 9.96. The van der Waals surface area contributed by atoms with Gasteiger partial charge in [0, 0.05) is 24.3 Å². The van der Waals surface area contributed by atoms with Crippen molar-refractivity contribution < 1.29 is 18.0 Å². The third-order valence-corrected chi connectivity index (χ3v) is 2.73. The normalized spacial score (nSPS) is 11.3. The van der Waals surface area contributed by atoms with Crippen molar-refractivity contribution in [2.75, 3.05) is 19.0 Å². The SMILES string of the molecule is CN(CCC(F)(F)F)C(=O)c1cc(Br)cnc1NN. The maximum absolute atomic E-state index is 12.1. The lowest BCUT2D eigenvalue weighted by atomic mass is 10.2. The van der Waals surface area contributed by atoms with E-state index < -0.39 is 25.0 Å². The van der Waals surface area contributed by atoms with Gasteiger partial charge in [0.05, 0.1) is 12.0 Å². The van der Waals surface area contributed by atoms with Crippen LogP contribution in [0.4, 0.5) is 19.0 Å². The van der Waals surface area contributed by atoms with Crippen molar-refractivity contribution in [1.29, 1.82) is 0 Å². The third kappa shape index (κ3) is 4.67. The van der Waals surface area contributed by atoms with Crippen molar-refractivity contribution in [3.05, 3.63) is 22.3 Å². The maximum atomic E-state index is 12.1. The number of nitrogens with two attached hydrogens (primary N) is 1. The van der Waals surface area contributed by atoms with E-state index in [0.717, 1.165) is 4.90 Å². The number of rotatable bonds is 4. The van der Waals surface area contributed by atoms with Gasteiger partial charge < -0.3 is 10.3 Å². The third-order valence-electron chi connectivity index (χ3n) is 2.30. The Labute approximate surface area is 116 Å². The molecule has 0 atom stereocenters. The number of nitrogens with one attached hydrogen (secondary N) is 1. The topological polar surface area (TPSA) is 71.2 Å². The largest absolute Gasteiger partial charge is 0.390 e. The molecule has 0 aliphatic carbocycles. The lowest BCUT2D eigenvalue weighted by molar-refractivity contribution is -0.136. The van der Waals surface area contributed by atoms with Gasteiger partial charge >= 0.3 is 6.18 Å². The number of pyridine rings is 1. The van der Waals surface area contributed by atoms with E-state index in [-0.39, 0.29) is 11.4 Å². The van der Waals surface area contributed by atoms with Gasteiger partial charge in [-0.1, -0.05) is 0 Å². The number of nitrogen functional groups attached to an aromatic ring is 1. The van der Waals surface area contributed by atoms with Crippen LogP contribution >= 0.6 is 15.9 Å². The fraction of sp³-hybridized carbons (Fsp3) is 0.400. The second-order valence-electron chi connectivity index (χ2n) is 3.79. The van der Waals surface area contributed by atoms with E-state index in [1.165, 1.54) is 19.3 Å². The summed E-state index contributed by atoms with van der Waals surface area (Å²) in [5, 5.41) is 0. The van der Waals surface area contributed by atoms with E-state index in [4.69, 9.17) is 5.84 Å². The fourth-order valence-electron chi connectivity index (χ4n) is 1.32. The quantitative estimate of drug-likeness (QED) is 0.650. The highest BCUT2D eigenvalue weighted by molar-refractivity contribution is 9.10. The summed E-state index contributed by atoms with van der Waals surface area (Å²) in [5.74, 6) is 4.72. The molecule has 0 unspecified atom stereocenters. The first kappa shape index (κ1) is 15.7. The summed E-state index contributed by atoms with van der Waals surface area (Å²) < 4.78 is 36.8. The lowest BCUT2D eigenvalue weighted by Gasteiger charge is -2.19. The van der Waals surface area contributed by atoms with Crippen molar-refractivity contribution in [1.82, 2.24) is 9.88 Å². The smallest absolute Gasteiger partial charge is 0.341 e. The van der Waals surface area contributed by atoms with E-state index >= 15 is 0 Å². The summed E-state index contributed by atoms with van der Waals surface area (Å²) in [6.07, 6.45) is -3.96. The van der Waals surface area contributed by atoms with Gasteiger partial charge in [0.1, 0.15) is 0 Å². The van der Waals surface area contributed by atoms with Gasteiger partial charge in [0.15, 0.2) is 5.82 Å². The maximum Gasteiger partial charge on any atom is 0.390 e. The summed E-state index contributed by atoms with van der Waals surface area (Å²) in [7, 11) is 1.29. The molecule has 0 bridgehead atoms. The molecule has 0 saturated heterocycles. The van der Waals surface area contributed by atoms with E-state index in [2.05, 4.69) is 26.3 Å². The average Bonchev–Trinajstić information content (AvgIpc) is 2.34. The molecule has 0 radical (unpaired) electrons. The molecule has 1 rings (SSSR count). The van der Waals surface area contributed by atoms with Crippen molar-refractivity contribution in [3.63, 3.8) is 0 Å². The standard InChI is InChI=1S/C10H12BrF3N4O/c1-18(3-2-10(12,13)14)9(19)7-4-6(11)5-16-8(7)17-15/h4-5H,2-3,15H2,1H3,(H,16,17). The van der Waals surface area contributed by atoms with Gasteiger partial charge in [0.25, 0.3) is 5.91 Å². The predicted octanol–water partition coefficient (Wildman–Crippen LogP) is 2.15. The Morgan fingerprint density at radius 1 is 1.58 bits per heavy atom. The van der Waals surface area contributed by atoms with Crippen molar-refractivity contribution in [3.8, 4) is 0 Å². The van der Waals surface area contributed by atoms with E-state index in [0.29, 0.717) is 4.47 Å². The molecule has 0 spiro atoms. The predicted molar refractivity (Wildman–Crippen MR) is 67.4 cm³/mol. The second kappa shape index (κ2) is 6.20. The van der Waals surface area contributed by atoms with Crippen molar-refractivity contribution in [2.45, 2.75) is 12.6 Å². The summed E-state index contributed by atoms with van der Waals surface area (Å²) >= 11 is 3.13. The Morgan fingerprint density at radius 3 is 2.74 bits per heavy atom. The Morgan fingerprint density at radius 2 is 2.21 bits per heavy atom. The first-order valence-corrected chi connectivity index (χ1v) is 5.98. The van der Waals surface area contributed by atoms with Crippen LogP contribution in [0.2, 0.25) is 0 Å². The minimum absolute atomic E-state index is 0.0987. The van der Waals surface area contributed by atoms with Gasteiger partial charge in [-0.15, -0.1) is 0 Å². The van der Waals surface area contributed by atoms with Crippen LogP contribution in [0.3, 0.4) is 0 Å². The zero-order chi connectivity index (χ0) is 14.6. The lowest BCUT2D eigenvalue weighted by Crippen LogP contribution is -2.31. The Balaban J connectivity index is 2.84. The minimum atomic E-state index is -4.31. The molecule has 106 valence electrons. The van der Waals surface area contributed by atoms with Crippen LogP contribution in [0, 0.1) is 0 Å². The number of hydrogen-bond acceptors (Lipinski definition) is 4. The number of carbonyl (C=O) groups excluding carboxylic acids is 1. The number of aromatic nitrogens is 1. The van der Waals surface area contributed by atoms with Crippen LogP contribution in [0.25, 0.3) is 0 Å². The van der Waals surface area contributed by atoms with Gasteiger partial charge in [-0.25, -0.2) is 10.8 Å².